The molecule has 0 spiro atoms. The Morgan fingerprint density at radius 3 is 2.48 bits per heavy atom. The van der Waals surface area contributed by atoms with Crippen LogP contribution in [0.25, 0.3) is 0 Å². The Kier molecular flexibility index (Phi) is 7.83. The summed E-state index contributed by atoms with van der Waals surface area (Å²) in [4.78, 5) is 17.3. The Morgan fingerprint density at radius 1 is 1.14 bits per heavy atom. The first-order valence-corrected chi connectivity index (χ1v) is 7.92. The fourth-order valence-electron chi connectivity index (χ4n) is 2.22. The zero-order valence-corrected chi connectivity index (χ0v) is 13.4. The van der Waals surface area contributed by atoms with E-state index in [1.807, 2.05) is 19.9 Å². The summed E-state index contributed by atoms with van der Waals surface area (Å²) in [5.74, 6) is -0.433. The second-order valence-electron chi connectivity index (χ2n) is 5.12. The minimum absolute atomic E-state index is 0.0613. The number of nitrogens with zero attached hydrogens (tertiary/aromatic N) is 1. The number of carbonyl (C=O) groups is 1. The topological polar surface area (TPSA) is 49.8 Å². The third-order valence-corrected chi connectivity index (χ3v) is 3.56. The van der Waals surface area contributed by atoms with Crippen LogP contribution in [0.2, 0.25) is 0 Å². The molecule has 4 nitrogen and oxygen atoms in total. The molecule has 118 valence electrons. The van der Waals surface area contributed by atoms with Crippen molar-refractivity contribution in [3.63, 3.8) is 0 Å². The maximum Gasteiger partial charge on any atom is 0.360 e. The molecule has 4 heteroatoms. The number of benzene rings is 1. The predicted molar refractivity (Wildman–Crippen MR) is 84.3 cm³/mol. The van der Waals surface area contributed by atoms with E-state index in [2.05, 4.69) is 6.92 Å². The molecule has 0 aliphatic carbocycles. The lowest BCUT2D eigenvalue weighted by atomic mass is 10.0. The first-order chi connectivity index (χ1) is 10.1. The molecular weight excluding hydrogens is 266 g/mol. The van der Waals surface area contributed by atoms with Gasteiger partial charge < -0.3 is 9.94 Å². The van der Waals surface area contributed by atoms with Crippen LogP contribution in [-0.2, 0) is 11.3 Å². The number of hydrogen-bond acceptors (Lipinski definition) is 4. The van der Waals surface area contributed by atoms with E-state index < -0.39 is 5.97 Å². The van der Waals surface area contributed by atoms with Gasteiger partial charge in [0.05, 0.1) is 0 Å². The zero-order chi connectivity index (χ0) is 15.7. The van der Waals surface area contributed by atoms with Crippen LogP contribution in [0, 0.1) is 0 Å². The second-order valence-corrected chi connectivity index (χ2v) is 5.12. The number of rotatable bonds is 9. The Hall–Kier alpha value is -1.55. The smallest absolute Gasteiger partial charge is 0.360 e. The van der Waals surface area contributed by atoms with E-state index in [-0.39, 0.29) is 11.3 Å². The monoisotopic (exact) mass is 293 g/mol. The largest absolute Gasteiger partial charge is 0.507 e. The number of aryl methyl sites for hydroxylation is 1. The lowest BCUT2D eigenvalue weighted by Gasteiger charge is -2.18. The highest BCUT2D eigenvalue weighted by molar-refractivity contribution is 5.92. The van der Waals surface area contributed by atoms with E-state index in [0.717, 1.165) is 24.8 Å². The summed E-state index contributed by atoms with van der Waals surface area (Å²) in [6.45, 7) is 7.25. The SMILES string of the molecule is CCCCCCc1cccc(C(=O)ON(CC)CC)c1O. The molecule has 0 bridgehead atoms. The molecule has 0 unspecified atom stereocenters. The van der Waals surface area contributed by atoms with Crippen molar-refractivity contribution < 1.29 is 14.7 Å². The van der Waals surface area contributed by atoms with Gasteiger partial charge in [-0.2, -0.15) is 0 Å². The van der Waals surface area contributed by atoms with Gasteiger partial charge in [0, 0.05) is 13.1 Å². The molecule has 0 saturated carbocycles. The van der Waals surface area contributed by atoms with E-state index in [9.17, 15) is 9.90 Å². The molecule has 1 rings (SSSR count). The van der Waals surface area contributed by atoms with Crippen molar-refractivity contribution in [2.75, 3.05) is 13.1 Å². The molecule has 0 aliphatic rings. The highest BCUT2D eigenvalue weighted by atomic mass is 16.7. The fraction of sp³-hybridized carbons (Fsp3) is 0.588. The van der Waals surface area contributed by atoms with Crippen LogP contribution < -0.4 is 0 Å². The quantitative estimate of drug-likeness (QED) is 0.553. The average Bonchev–Trinajstić information content (AvgIpc) is 2.50. The summed E-state index contributed by atoms with van der Waals surface area (Å²) in [6.07, 6.45) is 5.34. The number of hydrogen-bond donors (Lipinski definition) is 1. The number of phenols is 1. The lowest BCUT2D eigenvalue weighted by molar-refractivity contribution is -0.103. The molecule has 1 aromatic rings. The van der Waals surface area contributed by atoms with Crippen molar-refractivity contribution in [1.29, 1.82) is 0 Å². The van der Waals surface area contributed by atoms with Crippen LogP contribution in [0.15, 0.2) is 18.2 Å². The van der Waals surface area contributed by atoms with Gasteiger partial charge in [-0.25, -0.2) is 4.79 Å². The van der Waals surface area contributed by atoms with Gasteiger partial charge in [-0.1, -0.05) is 38.3 Å². The van der Waals surface area contributed by atoms with Gasteiger partial charge in [-0.05, 0) is 38.3 Å². The van der Waals surface area contributed by atoms with Gasteiger partial charge >= 0.3 is 5.97 Å². The molecule has 0 aliphatic heterocycles. The van der Waals surface area contributed by atoms with Gasteiger partial charge in [0.2, 0.25) is 0 Å². The third kappa shape index (κ3) is 5.38. The van der Waals surface area contributed by atoms with Crippen LogP contribution in [0.5, 0.6) is 5.75 Å². The number of hydroxylamine groups is 2. The van der Waals surface area contributed by atoms with Gasteiger partial charge in [-0.3, -0.25) is 0 Å². The second kappa shape index (κ2) is 9.40. The van der Waals surface area contributed by atoms with E-state index in [4.69, 9.17) is 4.84 Å². The summed E-state index contributed by atoms with van der Waals surface area (Å²) >= 11 is 0. The summed E-state index contributed by atoms with van der Waals surface area (Å²) in [7, 11) is 0. The zero-order valence-electron chi connectivity index (χ0n) is 13.4. The maximum absolute atomic E-state index is 12.1. The van der Waals surface area contributed by atoms with Crippen molar-refractivity contribution >= 4 is 5.97 Å². The molecule has 0 amide bonds. The molecule has 0 heterocycles. The van der Waals surface area contributed by atoms with Gasteiger partial charge in [0.1, 0.15) is 11.3 Å². The van der Waals surface area contributed by atoms with Crippen molar-refractivity contribution in [3.05, 3.63) is 29.3 Å². The maximum atomic E-state index is 12.1. The highest BCUT2D eigenvalue weighted by Crippen LogP contribution is 2.25. The standard InChI is InChI=1S/C17H27NO3/c1-4-7-8-9-11-14-12-10-13-15(16(14)19)17(20)21-18(5-2)6-3/h10,12-13,19H,4-9,11H2,1-3H3. The van der Waals surface area contributed by atoms with E-state index in [1.54, 1.807) is 17.2 Å². The Morgan fingerprint density at radius 2 is 1.86 bits per heavy atom. The Balaban J connectivity index is 2.72. The van der Waals surface area contributed by atoms with Crippen molar-refractivity contribution in [1.82, 2.24) is 5.06 Å². The van der Waals surface area contributed by atoms with Crippen molar-refractivity contribution in [3.8, 4) is 5.75 Å². The Labute approximate surface area is 127 Å². The molecular formula is C17H27NO3. The average molecular weight is 293 g/mol. The number of para-hydroxylation sites is 1. The normalized spacial score (nSPS) is 10.9. The summed E-state index contributed by atoms with van der Waals surface area (Å²) in [5, 5.41) is 11.8. The molecule has 1 aromatic carbocycles. The molecule has 0 saturated heterocycles. The van der Waals surface area contributed by atoms with Gasteiger partial charge in [0.15, 0.2) is 0 Å². The summed E-state index contributed by atoms with van der Waals surface area (Å²) in [6, 6.07) is 5.28. The third-order valence-electron chi connectivity index (χ3n) is 3.56. The summed E-state index contributed by atoms with van der Waals surface area (Å²) in [5.41, 5.74) is 1.06. The van der Waals surface area contributed by atoms with Crippen LogP contribution in [0.4, 0.5) is 0 Å². The molecule has 0 atom stereocenters. The first-order valence-electron chi connectivity index (χ1n) is 7.92. The van der Waals surface area contributed by atoms with Crippen LogP contribution in [-0.4, -0.2) is 29.2 Å². The number of phenolic OH excluding ortho intramolecular Hbond substituents is 1. The summed E-state index contributed by atoms with van der Waals surface area (Å²) < 4.78 is 0. The van der Waals surface area contributed by atoms with Crippen LogP contribution in [0.1, 0.15) is 62.4 Å². The van der Waals surface area contributed by atoms with Crippen molar-refractivity contribution in [2.45, 2.75) is 52.9 Å². The van der Waals surface area contributed by atoms with Crippen LogP contribution >= 0.6 is 0 Å². The van der Waals surface area contributed by atoms with E-state index in [1.165, 1.54) is 12.8 Å². The first kappa shape index (κ1) is 17.5. The lowest BCUT2D eigenvalue weighted by Crippen LogP contribution is -2.27. The number of carbonyl (C=O) groups excluding carboxylic acids is 1. The Bertz CT molecular complexity index is 442. The molecule has 0 fully saturated rings. The molecule has 21 heavy (non-hydrogen) atoms. The molecule has 0 radical (unpaired) electrons. The highest BCUT2D eigenvalue weighted by Gasteiger charge is 2.17. The number of unbranched alkanes of at least 4 members (excludes halogenated alkanes) is 3. The minimum Gasteiger partial charge on any atom is -0.507 e. The van der Waals surface area contributed by atoms with Crippen molar-refractivity contribution in [2.24, 2.45) is 0 Å². The van der Waals surface area contributed by atoms with Crippen LogP contribution in [0.3, 0.4) is 0 Å². The molecule has 0 aromatic heterocycles. The van der Waals surface area contributed by atoms with E-state index >= 15 is 0 Å². The predicted octanol–water partition coefficient (Wildman–Crippen LogP) is 3.93. The molecule has 1 N–H and O–H groups in total. The minimum atomic E-state index is -0.494. The van der Waals surface area contributed by atoms with Gasteiger partial charge in [0.25, 0.3) is 0 Å². The number of aromatic hydroxyl groups is 1. The fourth-order valence-corrected chi connectivity index (χ4v) is 2.22. The van der Waals surface area contributed by atoms with E-state index in [0.29, 0.717) is 13.1 Å². The van der Waals surface area contributed by atoms with Gasteiger partial charge in [-0.15, -0.1) is 5.06 Å².